The van der Waals surface area contributed by atoms with Crippen LogP contribution in [-0.2, 0) is 6.54 Å². The maximum atomic E-state index is 5.53. The Balaban J connectivity index is 1.98. The third-order valence-corrected chi connectivity index (χ3v) is 3.48. The van der Waals surface area contributed by atoms with Crippen molar-refractivity contribution in [2.24, 2.45) is 0 Å². The van der Waals surface area contributed by atoms with Crippen molar-refractivity contribution in [1.29, 1.82) is 0 Å². The summed E-state index contributed by atoms with van der Waals surface area (Å²) in [7, 11) is 0. The van der Waals surface area contributed by atoms with E-state index in [9.17, 15) is 0 Å². The summed E-state index contributed by atoms with van der Waals surface area (Å²) in [6.07, 6.45) is 0. The van der Waals surface area contributed by atoms with E-state index in [1.54, 1.807) is 0 Å². The van der Waals surface area contributed by atoms with Gasteiger partial charge in [0.15, 0.2) is 0 Å². The van der Waals surface area contributed by atoms with E-state index in [0.717, 1.165) is 12.3 Å². The number of nitrogens with one attached hydrogen (secondary N) is 1. The molecule has 2 rings (SSSR count). The van der Waals surface area contributed by atoms with Crippen LogP contribution in [0.4, 0.5) is 0 Å². The highest BCUT2D eigenvalue weighted by atomic mass is 16.5. The highest BCUT2D eigenvalue weighted by molar-refractivity contribution is 5.30. The van der Waals surface area contributed by atoms with Crippen LogP contribution in [-0.4, -0.2) is 6.61 Å². The molecule has 106 valence electrons. The smallest absolute Gasteiger partial charge is 0.119 e. The van der Waals surface area contributed by atoms with Gasteiger partial charge in [-0.05, 0) is 49.6 Å². The van der Waals surface area contributed by atoms with Crippen LogP contribution in [0.2, 0.25) is 0 Å². The van der Waals surface area contributed by atoms with Crippen LogP contribution in [0.1, 0.15) is 36.6 Å². The quantitative estimate of drug-likeness (QED) is 0.846. The molecule has 0 fully saturated rings. The predicted octanol–water partition coefficient (Wildman–Crippen LogP) is 4.24. The summed E-state index contributed by atoms with van der Waals surface area (Å²) in [5.41, 5.74) is 3.93. The van der Waals surface area contributed by atoms with Crippen molar-refractivity contribution in [2.45, 2.75) is 33.4 Å². The first-order chi connectivity index (χ1) is 9.70. The van der Waals surface area contributed by atoms with Gasteiger partial charge >= 0.3 is 0 Å². The van der Waals surface area contributed by atoms with Crippen LogP contribution in [0.5, 0.6) is 5.75 Å². The minimum atomic E-state index is 0.340. The van der Waals surface area contributed by atoms with E-state index in [-0.39, 0.29) is 0 Å². The molecule has 0 aliphatic rings. The van der Waals surface area contributed by atoms with Gasteiger partial charge in [0.25, 0.3) is 0 Å². The molecule has 1 N–H and O–H groups in total. The Morgan fingerprint density at radius 2 is 1.90 bits per heavy atom. The van der Waals surface area contributed by atoms with Crippen molar-refractivity contribution in [3.8, 4) is 5.75 Å². The Hall–Kier alpha value is -1.80. The van der Waals surface area contributed by atoms with Gasteiger partial charge in [-0.1, -0.05) is 36.4 Å². The van der Waals surface area contributed by atoms with Crippen molar-refractivity contribution in [1.82, 2.24) is 5.32 Å². The minimum Gasteiger partial charge on any atom is -0.494 e. The Kier molecular flexibility index (Phi) is 5.19. The predicted molar refractivity (Wildman–Crippen MR) is 84.0 cm³/mol. The summed E-state index contributed by atoms with van der Waals surface area (Å²) in [5, 5.41) is 3.57. The maximum Gasteiger partial charge on any atom is 0.119 e. The van der Waals surface area contributed by atoms with Crippen molar-refractivity contribution in [2.75, 3.05) is 6.61 Å². The molecule has 1 unspecified atom stereocenters. The Morgan fingerprint density at radius 1 is 1.10 bits per heavy atom. The zero-order chi connectivity index (χ0) is 14.4. The second-order valence-electron chi connectivity index (χ2n) is 5.04. The molecule has 0 spiro atoms. The summed E-state index contributed by atoms with van der Waals surface area (Å²) in [6, 6.07) is 17.1. The van der Waals surface area contributed by atoms with Gasteiger partial charge in [-0.25, -0.2) is 0 Å². The summed E-state index contributed by atoms with van der Waals surface area (Å²) in [5.74, 6) is 0.940. The fourth-order valence-electron chi connectivity index (χ4n) is 2.37. The number of hydrogen-bond donors (Lipinski definition) is 1. The van der Waals surface area contributed by atoms with Gasteiger partial charge in [-0.3, -0.25) is 0 Å². The molecule has 0 saturated carbocycles. The van der Waals surface area contributed by atoms with Crippen molar-refractivity contribution < 1.29 is 4.74 Å². The molecule has 2 aromatic carbocycles. The van der Waals surface area contributed by atoms with E-state index in [0.29, 0.717) is 12.6 Å². The maximum absolute atomic E-state index is 5.53. The average Bonchev–Trinajstić information content (AvgIpc) is 2.46. The van der Waals surface area contributed by atoms with E-state index < -0.39 is 0 Å². The molecule has 0 radical (unpaired) electrons. The van der Waals surface area contributed by atoms with Crippen molar-refractivity contribution >= 4 is 0 Å². The van der Waals surface area contributed by atoms with E-state index in [1.165, 1.54) is 16.7 Å². The van der Waals surface area contributed by atoms with Gasteiger partial charge in [-0.2, -0.15) is 0 Å². The molecule has 20 heavy (non-hydrogen) atoms. The fraction of sp³-hybridized carbons (Fsp3) is 0.333. The molecule has 0 aromatic heterocycles. The first-order valence-corrected chi connectivity index (χ1v) is 7.21. The highest BCUT2D eigenvalue weighted by Crippen LogP contribution is 2.18. The zero-order valence-electron chi connectivity index (χ0n) is 12.5. The molecule has 0 heterocycles. The standard InChI is InChI=1S/C18H23NO/c1-4-20-17-10-7-9-16(12-17)13-19-15(3)18-11-6-5-8-14(18)2/h5-12,15,19H,4,13H2,1-3H3. The van der Waals surface area contributed by atoms with E-state index >= 15 is 0 Å². The number of rotatable bonds is 6. The third-order valence-electron chi connectivity index (χ3n) is 3.48. The zero-order valence-corrected chi connectivity index (χ0v) is 12.5. The van der Waals surface area contributed by atoms with Crippen LogP contribution in [0, 0.1) is 6.92 Å². The van der Waals surface area contributed by atoms with E-state index in [1.807, 2.05) is 19.1 Å². The molecule has 0 aliphatic carbocycles. The highest BCUT2D eigenvalue weighted by Gasteiger charge is 2.07. The number of benzene rings is 2. The van der Waals surface area contributed by atoms with Gasteiger partial charge in [0.05, 0.1) is 6.61 Å². The van der Waals surface area contributed by atoms with Crippen LogP contribution in [0.15, 0.2) is 48.5 Å². The molecule has 0 amide bonds. The molecule has 2 heteroatoms. The average molecular weight is 269 g/mol. The number of hydrogen-bond acceptors (Lipinski definition) is 2. The molecular weight excluding hydrogens is 246 g/mol. The van der Waals surface area contributed by atoms with Gasteiger partial charge in [-0.15, -0.1) is 0 Å². The topological polar surface area (TPSA) is 21.3 Å². The first kappa shape index (κ1) is 14.6. The van der Waals surface area contributed by atoms with Gasteiger partial charge in [0, 0.05) is 12.6 Å². The lowest BCUT2D eigenvalue weighted by Gasteiger charge is -2.17. The van der Waals surface area contributed by atoms with Crippen LogP contribution in [0.25, 0.3) is 0 Å². The van der Waals surface area contributed by atoms with Gasteiger partial charge < -0.3 is 10.1 Å². The molecule has 1 atom stereocenters. The molecule has 0 saturated heterocycles. The fourth-order valence-corrected chi connectivity index (χ4v) is 2.37. The number of aryl methyl sites for hydroxylation is 1. The Morgan fingerprint density at radius 3 is 2.65 bits per heavy atom. The lowest BCUT2D eigenvalue weighted by atomic mass is 10.0. The van der Waals surface area contributed by atoms with Crippen LogP contribution < -0.4 is 10.1 Å². The molecule has 2 nitrogen and oxygen atoms in total. The van der Waals surface area contributed by atoms with Crippen LogP contribution in [0.3, 0.4) is 0 Å². The lowest BCUT2D eigenvalue weighted by Crippen LogP contribution is -2.18. The summed E-state index contributed by atoms with van der Waals surface area (Å²) in [6.45, 7) is 7.91. The molecule has 0 aliphatic heterocycles. The van der Waals surface area contributed by atoms with E-state index in [2.05, 4.69) is 55.6 Å². The number of ether oxygens (including phenoxy) is 1. The summed E-state index contributed by atoms with van der Waals surface area (Å²) >= 11 is 0. The summed E-state index contributed by atoms with van der Waals surface area (Å²) in [4.78, 5) is 0. The largest absolute Gasteiger partial charge is 0.494 e. The molecule has 0 bridgehead atoms. The molecular formula is C18H23NO. The van der Waals surface area contributed by atoms with Crippen LogP contribution >= 0.6 is 0 Å². The molecule has 2 aromatic rings. The second-order valence-corrected chi connectivity index (χ2v) is 5.04. The normalized spacial score (nSPS) is 12.2. The van der Waals surface area contributed by atoms with E-state index in [4.69, 9.17) is 4.74 Å². The third kappa shape index (κ3) is 3.84. The lowest BCUT2D eigenvalue weighted by molar-refractivity contribution is 0.339. The summed E-state index contributed by atoms with van der Waals surface area (Å²) < 4.78 is 5.53. The monoisotopic (exact) mass is 269 g/mol. The van der Waals surface area contributed by atoms with Gasteiger partial charge in [0.1, 0.15) is 5.75 Å². The Bertz CT molecular complexity index is 551. The first-order valence-electron chi connectivity index (χ1n) is 7.21. The second kappa shape index (κ2) is 7.11. The Labute approximate surface area is 121 Å². The SMILES string of the molecule is CCOc1cccc(CNC(C)c2ccccc2C)c1. The minimum absolute atomic E-state index is 0.340. The van der Waals surface area contributed by atoms with Crippen molar-refractivity contribution in [3.63, 3.8) is 0 Å². The van der Waals surface area contributed by atoms with Gasteiger partial charge in [0.2, 0.25) is 0 Å². The van der Waals surface area contributed by atoms with Crippen molar-refractivity contribution in [3.05, 3.63) is 65.2 Å².